The fraction of sp³-hybridized carbons (Fsp3) is 0.0968. The van der Waals surface area contributed by atoms with Gasteiger partial charge in [0.1, 0.15) is 17.2 Å². The lowest BCUT2D eigenvalue weighted by atomic mass is 10.2. The zero-order chi connectivity index (χ0) is 28.8. The number of hydrogen-bond acceptors (Lipinski definition) is 5. The topological polar surface area (TPSA) is 104 Å². The molecule has 0 bridgehead atoms. The normalized spacial score (nSPS) is 11.9. The number of rotatable bonds is 9. The quantitative estimate of drug-likeness (QED) is 0.194. The molecule has 1 atom stereocenters. The third kappa shape index (κ3) is 6.10. The number of carbonyl (C=O) groups is 1. The number of urea groups is 1. The van der Waals surface area contributed by atoms with Crippen LogP contribution in [0.1, 0.15) is 17.0 Å². The molecule has 5 aromatic rings. The van der Waals surface area contributed by atoms with Gasteiger partial charge in [-0.25, -0.2) is 14.0 Å². The Morgan fingerprint density at radius 2 is 1.22 bits per heavy atom. The number of benzene rings is 4. The number of hydrogen-bond donors (Lipinski definition) is 2. The second-order valence-electron chi connectivity index (χ2n) is 9.20. The maximum absolute atomic E-state index is 14.7. The van der Waals surface area contributed by atoms with E-state index in [1.807, 2.05) is 18.2 Å². The molecule has 0 saturated heterocycles. The van der Waals surface area contributed by atoms with Crippen LogP contribution >= 0.6 is 7.60 Å². The lowest BCUT2D eigenvalue weighted by molar-refractivity contribution is 0.249. The lowest BCUT2D eigenvalue weighted by Crippen LogP contribution is -2.35. The van der Waals surface area contributed by atoms with Crippen molar-refractivity contribution in [2.24, 2.45) is 7.05 Å². The number of aromatic nitrogens is 2. The first kappa shape index (κ1) is 27.6. The van der Waals surface area contributed by atoms with E-state index in [0.29, 0.717) is 28.4 Å². The van der Waals surface area contributed by atoms with Crippen LogP contribution in [0.2, 0.25) is 0 Å². The minimum Gasteiger partial charge on any atom is -0.414 e. The van der Waals surface area contributed by atoms with Gasteiger partial charge in [0.05, 0.1) is 11.4 Å². The third-order valence-electron chi connectivity index (χ3n) is 6.44. The standard InChI is InChI=1S/C31H29N4O5P/c1-23-28(30(36)35(34(23)2)25-17-9-4-10-18-25)32-31(37)33-29(24-15-7-3-8-16-24)41(38,39-26-19-11-5-12-20-26)40-27-21-13-6-14-22-27/h3-22,29H,1-2H3,(H2,32,33,37). The van der Waals surface area contributed by atoms with Crippen molar-refractivity contribution in [2.45, 2.75) is 12.7 Å². The van der Waals surface area contributed by atoms with Crippen molar-refractivity contribution < 1.29 is 18.4 Å². The molecule has 0 saturated carbocycles. The Bertz CT molecular complexity index is 1680. The van der Waals surface area contributed by atoms with Crippen molar-refractivity contribution in [3.05, 3.63) is 143 Å². The molecule has 41 heavy (non-hydrogen) atoms. The van der Waals surface area contributed by atoms with E-state index in [-0.39, 0.29) is 5.69 Å². The van der Waals surface area contributed by atoms with E-state index in [1.54, 1.807) is 122 Å². The summed E-state index contributed by atoms with van der Waals surface area (Å²) in [6.45, 7) is 1.73. The molecule has 0 spiro atoms. The highest BCUT2D eigenvalue weighted by molar-refractivity contribution is 7.55. The number of nitrogens with zero attached hydrogens (tertiary/aromatic N) is 2. The molecule has 0 aliphatic rings. The van der Waals surface area contributed by atoms with Gasteiger partial charge in [-0.3, -0.25) is 9.48 Å². The summed E-state index contributed by atoms with van der Waals surface area (Å²) in [7, 11) is -2.46. The Kier molecular flexibility index (Phi) is 8.08. The smallest absolute Gasteiger partial charge is 0.414 e. The number of amides is 2. The van der Waals surface area contributed by atoms with Crippen LogP contribution in [0, 0.1) is 6.92 Å². The Balaban J connectivity index is 1.51. The molecule has 0 radical (unpaired) electrons. The summed E-state index contributed by atoms with van der Waals surface area (Å²) in [5, 5.41) is 5.44. The molecule has 2 N–H and O–H groups in total. The van der Waals surface area contributed by atoms with E-state index in [9.17, 15) is 14.2 Å². The maximum Gasteiger partial charge on any atom is 0.457 e. The van der Waals surface area contributed by atoms with Crippen molar-refractivity contribution in [1.82, 2.24) is 14.7 Å². The molecular weight excluding hydrogens is 539 g/mol. The Morgan fingerprint density at radius 1 is 0.756 bits per heavy atom. The van der Waals surface area contributed by atoms with Gasteiger partial charge in [-0.15, -0.1) is 0 Å². The summed E-state index contributed by atoms with van der Waals surface area (Å²) < 4.78 is 29.8. The van der Waals surface area contributed by atoms with Crippen molar-refractivity contribution in [2.75, 3.05) is 5.32 Å². The van der Waals surface area contributed by atoms with E-state index < -0.39 is 25.0 Å². The second-order valence-corrected chi connectivity index (χ2v) is 11.2. The molecule has 10 heteroatoms. The molecule has 4 aromatic carbocycles. The number of para-hydroxylation sites is 3. The zero-order valence-corrected chi connectivity index (χ0v) is 23.4. The maximum atomic E-state index is 14.7. The molecule has 208 valence electrons. The Labute approximate surface area is 237 Å². The first-order chi connectivity index (χ1) is 19.9. The van der Waals surface area contributed by atoms with Crippen molar-refractivity contribution in [1.29, 1.82) is 0 Å². The van der Waals surface area contributed by atoms with Gasteiger partial charge in [0.15, 0.2) is 5.78 Å². The summed E-state index contributed by atoms with van der Waals surface area (Å²) in [5.41, 5.74) is 1.35. The first-order valence-electron chi connectivity index (χ1n) is 12.9. The highest BCUT2D eigenvalue weighted by Gasteiger charge is 2.42. The highest BCUT2D eigenvalue weighted by Crippen LogP contribution is 2.58. The van der Waals surface area contributed by atoms with Gasteiger partial charge in [-0.2, -0.15) is 0 Å². The van der Waals surface area contributed by atoms with Crippen LogP contribution in [0.25, 0.3) is 5.69 Å². The third-order valence-corrected chi connectivity index (χ3v) is 8.43. The molecule has 1 aromatic heterocycles. The molecule has 2 amide bonds. The van der Waals surface area contributed by atoms with E-state index in [0.717, 1.165) is 0 Å². The van der Waals surface area contributed by atoms with Gasteiger partial charge >= 0.3 is 13.6 Å². The number of carbonyl (C=O) groups excluding carboxylic acids is 1. The fourth-order valence-corrected chi connectivity index (χ4v) is 6.24. The average Bonchev–Trinajstić information content (AvgIpc) is 3.20. The lowest BCUT2D eigenvalue weighted by Gasteiger charge is -2.28. The molecular formula is C31H29N4O5P. The zero-order valence-electron chi connectivity index (χ0n) is 22.5. The van der Waals surface area contributed by atoms with E-state index in [2.05, 4.69) is 10.6 Å². The number of anilines is 1. The van der Waals surface area contributed by atoms with Gasteiger partial charge in [0.25, 0.3) is 5.56 Å². The second kappa shape index (κ2) is 12.0. The average molecular weight is 569 g/mol. The van der Waals surface area contributed by atoms with E-state index in [4.69, 9.17) is 9.05 Å². The molecule has 9 nitrogen and oxygen atoms in total. The van der Waals surface area contributed by atoms with Crippen LogP contribution < -0.4 is 25.2 Å². The van der Waals surface area contributed by atoms with Gasteiger partial charge in [0, 0.05) is 7.05 Å². The molecule has 1 heterocycles. The summed E-state index contributed by atoms with van der Waals surface area (Å²) in [6, 6.07) is 34.3. The summed E-state index contributed by atoms with van der Waals surface area (Å²) in [5.74, 6) is -0.622. The van der Waals surface area contributed by atoms with Gasteiger partial charge in [0.2, 0.25) is 0 Å². The predicted molar refractivity (Wildman–Crippen MR) is 159 cm³/mol. The minimum atomic E-state index is -4.19. The van der Waals surface area contributed by atoms with Crippen LogP contribution in [-0.2, 0) is 11.6 Å². The molecule has 0 aliphatic carbocycles. The summed E-state index contributed by atoms with van der Waals surface area (Å²) in [4.78, 5) is 26.9. The van der Waals surface area contributed by atoms with Crippen molar-refractivity contribution >= 4 is 19.3 Å². The van der Waals surface area contributed by atoms with Gasteiger partial charge in [-0.1, -0.05) is 84.9 Å². The highest BCUT2D eigenvalue weighted by atomic mass is 31.2. The fourth-order valence-electron chi connectivity index (χ4n) is 4.35. The van der Waals surface area contributed by atoms with E-state index >= 15 is 0 Å². The first-order valence-corrected chi connectivity index (χ1v) is 14.5. The van der Waals surface area contributed by atoms with E-state index in [1.165, 1.54) is 4.68 Å². The molecule has 1 unspecified atom stereocenters. The SMILES string of the molecule is Cc1c(NC(=O)NC(c2ccccc2)P(=O)(Oc2ccccc2)Oc2ccccc2)c(=O)n(-c2ccccc2)n1C. The molecule has 5 rings (SSSR count). The van der Waals surface area contributed by atoms with Crippen LogP contribution in [0.5, 0.6) is 11.5 Å². The monoisotopic (exact) mass is 568 g/mol. The molecule has 0 fully saturated rings. The Hall–Kier alpha value is -5.01. The van der Waals surface area contributed by atoms with Crippen molar-refractivity contribution in [3.8, 4) is 17.2 Å². The van der Waals surface area contributed by atoms with Crippen LogP contribution in [0.3, 0.4) is 0 Å². The van der Waals surface area contributed by atoms with Crippen LogP contribution in [0.15, 0.2) is 126 Å². The molecule has 0 aliphatic heterocycles. The van der Waals surface area contributed by atoms with Crippen LogP contribution in [0.4, 0.5) is 10.5 Å². The number of nitrogens with one attached hydrogen (secondary N) is 2. The predicted octanol–water partition coefficient (Wildman–Crippen LogP) is 6.66. The summed E-state index contributed by atoms with van der Waals surface area (Å²) in [6.07, 6.45) is 0. The van der Waals surface area contributed by atoms with Gasteiger partial charge in [-0.05, 0) is 48.9 Å². The van der Waals surface area contributed by atoms with Crippen molar-refractivity contribution in [3.63, 3.8) is 0 Å². The van der Waals surface area contributed by atoms with Gasteiger partial charge < -0.3 is 19.7 Å². The van der Waals surface area contributed by atoms with Crippen LogP contribution in [-0.4, -0.2) is 15.4 Å². The largest absolute Gasteiger partial charge is 0.457 e. The summed E-state index contributed by atoms with van der Waals surface area (Å²) >= 11 is 0. The Morgan fingerprint density at radius 3 is 1.73 bits per heavy atom. The minimum absolute atomic E-state index is 0.0865.